The zero-order chi connectivity index (χ0) is 14.0. The molecule has 0 amide bonds. The molecule has 0 aliphatic heterocycles. The van der Waals surface area contributed by atoms with Gasteiger partial charge in [-0.05, 0) is 24.8 Å². The molecule has 1 heterocycles. The Balaban J connectivity index is 2.22. The molecule has 8 heteroatoms. The molecule has 1 saturated carbocycles. The van der Waals surface area contributed by atoms with Gasteiger partial charge in [-0.15, -0.1) is 0 Å². The minimum atomic E-state index is -3.74. The molecule has 1 aliphatic rings. The largest absolute Gasteiger partial charge is 0.396 e. The highest BCUT2D eigenvalue weighted by Crippen LogP contribution is 2.26. The number of halogens is 1. The minimum absolute atomic E-state index is 0.0421. The van der Waals surface area contributed by atoms with Crippen LogP contribution in [0.25, 0.3) is 0 Å². The van der Waals surface area contributed by atoms with Crippen LogP contribution in [0.15, 0.2) is 22.0 Å². The lowest BCUT2D eigenvalue weighted by molar-refractivity contribution is 0.213. The average Bonchev–Trinajstić information content (AvgIpc) is 2.79. The number of aromatic nitrogens is 1. The van der Waals surface area contributed by atoms with Crippen molar-refractivity contribution in [2.45, 2.75) is 30.2 Å². The summed E-state index contributed by atoms with van der Waals surface area (Å²) < 4.78 is 26.8. The lowest BCUT2D eigenvalue weighted by Crippen LogP contribution is -2.38. The van der Waals surface area contributed by atoms with Crippen LogP contribution in [0.1, 0.15) is 19.3 Å². The van der Waals surface area contributed by atoms with Crippen molar-refractivity contribution in [3.63, 3.8) is 0 Å². The molecule has 1 aromatic heterocycles. The second kappa shape index (κ2) is 5.62. The highest BCUT2D eigenvalue weighted by atomic mass is 35.5. The second-order valence-electron chi connectivity index (χ2n) is 4.61. The SMILES string of the molecule is O=c1[nH]cc(S(=O)(=O)NC2CCCC2CO)cc1Cl. The van der Waals surface area contributed by atoms with E-state index >= 15 is 0 Å². The lowest BCUT2D eigenvalue weighted by atomic mass is 10.1. The van der Waals surface area contributed by atoms with Gasteiger partial charge in [0, 0.05) is 18.8 Å². The van der Waals surface area contributed by atoms with Crippen LogP contribution >= 0.6 is 11.6 Å². The number of hydrogen-bond acceptors (Lipinski definition) is 4. The van der Waals surface area contributed by atoms with Gasteiger partial charge in [0.2, 0.25) is 10.0 Å². The zero-order valence-electron chi connectivity index (χ0n) is 10.1. The Morgan fingerprint density at radius 2 is 2.21 bits per heavy atom. The van der Waals surface area contributed by atoms with Gasteiger partial charge in [0.1, 0.15) is 5.02 Å². The van der Waals surface area contributed by atoms with E-state index in [1.54, 1.807) is 0 Å². The summed E-state index contributed by atoms with van der Waals surface area (Å²) >= 11 is 5.62. The van der Waals surface area contributed by atoms with E-state index in [0.29, 0.717) is 6.42 Å². The fourth-order valence-corrected chi connectivity index (χ4v) is 3.84. The van der Waals surface area contributed by atoms with Crippen LogP contribution in [0.4, 0.5) is 0 Å². The van der Waals surface area contributed by atoms with Crippen molar-refractivity contribution in [1.82, 2.24) is 9.71 Å². The Morgan fingerprint density at radius 3 is 2.84 bits per heavy atom. The first-order valence-corrected chi connectivity index (χ1v) is 7.81. The summed E-state index contributed by atoms with van der Waals surface area (Å²) in [5, 5.41) is 9.01. The maximum atomic E-state index is 12.1. The second-order valence-corrected chi connectivity index (χ2v) is 6.73. The van der Waals surface area contributed by atoms with E-state index in [-0.39, 0.29) is 28.5 Å². The molecule has 106 valence electrons. The fraction of sp³-hybridized carbons (Fsp3) is 0.545. The van der Waals surface area contributed by atoms with E-state index in [0.717, 1.165) is 25.1 Å². The van der Waals surface area contributed by atoms with Crippen molar-refractivity contribution in [2.24, 2.45) is 5.92 Å². The van der Waals surface area contributed by atoms with E-state index in [1.807, 2.05) is 0 Å². The van der Waals surface area contributed by atoms with Gasteiger partial charge in [-0.1, -0.05) is 18.0 Å². The summed E-state index contributed by atoms with van der Waals surface area (Å²) in [6, 6.07) is 0.840. The Bertz CT molecular complexity index is 613. The van der Waals surface area contributed by atoms with E-state index in [4.69, 9.17) is 11.6 Å². The molecule has 0 aromatic carbocycles. The van der Waals surface area contributed by atoms with Gasteiger partial charge in [0.05, 0.1) is 4.90 Å². The van der Waals surface area contributed by atoms with Gasteiger partial charge in [-0.2, -0.15) is 0 Å². The molecule has 0 saturated heterocycles. The molecule has 3 N–H and O–H groups in total. The van der Waals surface area contributed by atoms with Crippen LogP contribution in [0, 0.1) is 5.92 Å². The van der Waals surface area contributed by atoms with Crippen molar-refractivity contribution >= 4 is 21.6 Å². The first-order chi connectivity index (χ1) is 8.94. The van der Waals surface area contributed by atoms with E-state index < -0.39 is 15.6 Å². The number of sulfonamides is 1. The number of hydrogen-bond donors (Lipinski definition) is 3. The Kier molecular flexibility index (Phi) is 4.29. The number of rotatable bonds is 4. The average molecular weight is 307 g/mol. The maximum absolute atomic E-state index is 12.1. The minimum Gasteiger partial charge on any atom is -0.396 e. The van der Waals surface area contributed by atoms with Crippen LogP contribution in [0.3, 0.4) is 0 Å². The number of pyridine rings is 1. The number of nitrogens with one attached hydrogen (secondary N) is 2. The van der Waals surface area contributed by atoms with E-state index in [2.05, 4.69) is 9.71 Å². The van der Waals surface area contributed by atoms with Crippen LogP contribution in [0.5, 0.6) is 0 Å². The van der Waals surface area contributed by atoms with Gasteiger partial charge < -0.3 is 10.1 Å². The van der Waals surface area contributed by atoms with Gasteiger partial charge >= 0.3 is 0 Å². The Labute approximate surface area is 115 Å². The van der Waals surface area contributed by atoms with Gasteiger partial charge in [-0.3, -0.25) is 4.79 Å². The first-order valence-electron chi connectivity index (χ1n) is 5.95. The van der Waals surface area contributed by atoms with Crippen molar-refractivity contribution in [2.75, 3.05) is 6.61 Å². The van der Waals surface area contributed by atoms with E-state index in [1.165, 1.54) is 0 Å². The summed E-state index contributed by atoms with van der Waals surface area (Å²) in [4.78, 5) is 13.3. The molecule has 1 aromatic rings. The molecule has 0 bridgehead atoms. The molecular weight excluding hydrogens is 292 g/mol. The normalized spacial score (nSPS) is 23.7. The van der Waals surface area contributed by atoms with Gasteiger partial charge in [0.15, 0.2) is 0 Å². The van der Waals surface area contributed by atoms with Crippen LogP contribution in [-0.2, 0) is 10.0 Å². The van der Waals surface area contributed by atoms with Gasteiger partial charge in [-0.25, -0.2) is 13.1 Å². The van der Waals surface area contributed by atoms with E-state index in [9.17, 15) is 18.3 Å². The molecular formula is C11H15ClN2O4S. The van der Waals surface area contributed by atoms with Crippen LogP contribution in [0.2, 0.25) is 5.02 Å². The molecule has 6 nitrogen and oxygen atoms in total. The molecule has 1 fully saturated rings. The molecule has 2 unspecified atom stereocenters. The maximum Gasteiger partial charge on any atom is 0.266 e. The van der Waals surface area contributed by atoms with Crippen molar-refractivity contribution in [1.29, 1.82) is 0 Å². The predicted octanol–water partition coefficient (Wildman–Crippen LogP) is 0.468. The monoisotopic (exact) mass is 306 g/mol. The number of H-pyrrole nitrogens is 1. The fourth-order valence-electron chi connectivity index (χ4n) is 2.27. The third-order valence-corrected chi connectivity index (χ3v) is 5.09. The first kappa shape index (κ1) is 14.5. The highest BCUT2D eigenvalue weighted by Gasteiger charge is 2.30. The predicted molar refractivity (Wildman–Crippen MR) is 70.6 cm³/mol. The summed E-state index contributed by atoms with van der Waals surface area (Å²) in [5.74, 6) is -0.0620. The van der Waals surface area contributed by atoms with Crippen molar-refractivity contribution in [3.8, 4) is 0 Å². The number of aromatic amines is 1. The topological polar surface area (TPSA) is 99.3 Å². The van der Waals surface area contributed by atoms with Crippen molar-refractivity contribution in [3.05, 3.63) is 27.6 Å². The molecule has 2 rings (SSSR count). The summed E-state index contributed by atoms with van der Waals surface area (Å²) in [6.45, 7) is -0.0421. The smallest absolute Gasteiger partial charge is 0.266 e. The van der Waals surface area contributed by atoms with Crippen molar-refractivity contribution < 1.29 is 13.5 Å². The Hall–Kier alpha value is -0.890. The zero-order valence-corrected chi connectivity index (χ0v) is 11.7. The number of aliphatic hydroxyl groups is 1. The molecule has 0 radical (unpaired) electrons. The summed E-state index contributed by atoms with van der Waals surface area (Å²) in [5.41, 5.74) is -0.533. The molecule has 1 aliphatic carbocycles. The Morgan fingerprint density at radius 1 is 1.47 bits per heavy atom. The lowest BCUT2D eigenvalue weighted by Gasteiger charge is -2.18. The van der Waals surface area contributed by atoms with Crippen LogP contribution < -0.4 is 10.3 Å². The molecule has 19 heavy (non-hydrogen) atoms. The molecule has 0 spiro atoms. The third kappa shape index (κ3) is 3.17. The summed E-state index contributed by atoms with van der Waals surface area (Å²) in [7, 11) is -3.74. The number of aliphatic hydroxyl groups excluding tert-OH is 1. The highest BCUT2D eigenvalue weighted by molar-refractivity contribution is 7.89. The van der Waals surface area contributed by atoms with Gasteiger partial charge in [0.25, 0.3) is 5.56 Å². The third-order valence-electron chi connectivity index (χ3n) is 3.34. The van der Waals surface area contributed by atoms with Crippen LogP contribution in [-0.4, -0.2) is 31.2 Å². The quantitative estimate of drug-likeness (QED) is 0.753. The standard InChI is InChI=1S/C11H15ClN2O4S/c12-9-4-8(5-13-11(9)16)19(17,18)14-10-3-1-2-7(10)6-15/h4-5,7,10,14-15H,1-3,6H2,(H,13,16). The molecule has 2 atom stereocenters. The summed E-state index contributed by atoms with van der Waals surface area (Å²) in [6.07, 6.45) is 3.49.